The highest BCUT2D eigenvalue weighted by Crippen LogP contribution is 2.33. The first-order chi connectivity index (χ1) is 13.4. The zero-order valence-corrected chi connectivity index (χ0v) is 12.8. The van der Waals surface area contributed by atoms with Gasteiger partial charge in [0.15, 0.2) is 11.8 Å². The summed E-state index contributed by atoms with van der Waals surface area (Å²) in [6.45, 7) is -2.50. The normalized spacial score (nSPS) is 16.4. The van der Waals surface area contributed by atoms with Gasteiger partial charge in [0.25, 0.3) is 0 Å². The monoisotopic (exact) mass is 309 g/mol. The van der Waals surface area contributed by atoms with E-state index in [1.807, 2.05) is 19.1 Å². The quantitative estimate of drug-likeness (QED) is 0.488. The number of fused-ring (bicyclic) bond motifs is 3. The minimum absolute atomic E-state index is 0.0288. The molecule has 4 rings (SSSR count). The fourth-order valence-corrected chi connectivity index (χ4v) is 3.00. The maximum atomic E-state index is 7.58. The molecule has 1 aromatic carbocycles. The third-order valence-corrected chi connectivity index (χ3v) is 4.11. The third-order valence-electron chi connectivity index (χ3n) is 4.11. The van der Waals surface area contributed by atoms with Crippen LogP contribution >= 0.6 is 0 Å². The molecule has 0 fully saturated rings. The van der Waals surface area contributed by atoms with Gasteiger partial charge in [-0.25, -0.2) is 4.57 Å². The minimum atomic E-state index is -2.29. The fourth-order valence-electron chi connectivity index (χ4n) is 3.00. The number of nitrogens with zero attached hydrogens (tertiary/aromatic N) is 2. The summed E-state index contributed by atoms with van der Waals surface area (Å²) in [6, 6.07) is 8.80. The lowest BCUT2D eigenvalue weighted by atomic mass is 10.0. The van der Waals surface area contributed by atoms with Gasteiger partial charge in [-0.2, -0.15) is 0 Å². The molecule has 3 aromatic heterocycles. The van der Waals surface area contributed by atoms with Crippen LogP contribution in [0, 0.1) is 20.6 Å². The Bertz CT molecular complexity index is 1250. The van der Waals surface area contributed by atoms with Crippen molar-refractivity contribution in [3.05, 3.63) is 59.5 Å². The number of rotatable bonds is 1. The van der Waals surface area contributed by atoms with Gasteiger partial charge in [-0.3, -0.25) is 4.98 Å². The predicted molar refractivity (Wildman–Crippen MR) is 92.3 cm³/mol. The Kier molecular flexibility index (Phi) is 1.89. The van der Waals surface area contributed by atoms with Crippen LogP contribution in [0.2, 0.25) is 0 Å². The first-order valence-corrected chi connectivity index (χ1v) is 7.29. The minimum Gasteiger partial charge on any atom is -0.454 e. The molecule has 0 aliphatic heterocycles. The third kappa shape index (κ3) is 2.20. The van der Waals surface area contributed by atoms with Crippen molar-refractivity contribution in [1.82, 2.24) is 4.98 Å². The van der Waals surface area contributed by atoms with Gasteiger partial charge in [-0.1, -0.05) is 0 Å². The molecule has 23 heavy (non-hydrogen) atoms. The second-order valence-corrected chi connectivity index (χ2v) is 5.74. The molecule has 0 saturated heterocycles. The predicted octanol–water partition coefficient (Wildman–Crippen LogP) is 4.40. The molecule has 3 heterocycles. The van der Waals surface area contributed by atoms with Crippen LogP contribution in [0.4, 0.5) is 0 Å². The Labute approximate surface area is 143 Å². The van der Waals surface area contributed by atoms with Gasteiger partial charge in [0.1, 0.15) is 12.6 Å². The largest absolute Gasteiger partial charge is 0.454 e. The Balaban J connectivity index is 1.90. The maximum Gasteiger partial charge on any atom is 0.212 e. The number of hydrogen-bond acceptors (Lipinski definition) is 2. The molecule has 0 atom stereocenters. The lowest BCUT2D eigenvalue weighted by molar-refractivity contribution is -0.660. The average Bonchev–Trinajstić information content (AvgIpc) is 2.96. The van der Waals surface area contributed by atoms with Gasteiger partial charge in [0.2, 0.25) is 5.69 Å². The zero-order chi connectivity index (χ0) is 21.1. The molecule has 4 aromatic rings. The molecule has 0 N–H and O–H groups in total. The molecule has 0 aliphatic carbocycles. The average molecular weight is 309 g/mol. The van der Waals surface area contributed by atoms with E-state index in [4.69, 9.17) is 12.6 Å². The van der Waals surface area contributed by atoms with Gasteiger partial charge in [0.05, 0.1) is 11.8 Å². The van der Waals surface area contributed by atoms with Gasteiger partial charge in [-0.05, 0) is 50.5 Å². The van der Waals surface area contributed by atoms with Crippen LogP contribution in [0.25, 0.3) is 33.2 Å². The highest BCUT2D eigenvalue weighted by atomic mass is 16.3. The summed E-state index contributed by atoms with van der Waals surface area (Å²) >= 11 is 0. The molecule has 0 aliphatic rings. The standard InChI is InChI=1S/C20H19N2O/c1-12-5-6-18(22(4)11-12)15-9-19-16(7-13(15)2)17-8-14(3)21-10-20(17)23-19/h5-11H,1-4H3/q+1/i1D3,3D3. The number of aryl methyl sites for hydroxylation is 4. The Morgan fingerprint density at radius 3 is 2.74 bits per heavy atom. The topological polar surface area (TPSA) is 29.9 Å². The molecule has 0 unspecified atom stereocenters. The number of hydrogen-bond donors (Lipinski definition) is 0. The van der Waals surface area contributed by atoms with Crippen LogP contribution in [-0.2, 0) is 7.05 Å². The number of benzene rings is 1. The van der Waals surface area contributed by atoms with Gasteiger partial charge in [-0.15, -0.1) is 0 Å². The van der Waals surface area contributed by atoms with E-state index in [1.165, 1.54) is 6.20 Å². The van der Waals surface area contributed by atoms with Crippen molar-refractivity contribution < 1.29 is 17.2 Å². The van der Waals surface area contributed by atoms with Crippen LogP contribution in [0.3, 0.4) is 0 Å². The van der Waals surface area contributed by atoms with Gasteiger partial charge < -0.3 is 4.42 Å². The molecule has 3 nitrogen and oxygen atoms in total. The van der Waals surface area contributed by atoms with Crippen LogP contribution in [0.15, 0.2) is 47.1 Å². The highest BCUT2D eigenvalue weighted by Gasteiger charge is 2.16. The number of aromatic nitrogens is 2. The second-order valence-electron chi connectivity index (χ2n) is 5.74. The van der Waals surface area contributed by atoms with E-state index < -0.39 is 13.7 Å². The van der Waals surface area contributed by atoms with Crippen molar-refractivity contribution in [2.75, 3.05) is 0 Å². The Morgan fingerprint density at radius 2 is 1.96 bits per heavy atom. The lowest BCUT2D eigenvalue weighted by Crippen LogP contribution is -2.31. The molecule has 0 amide bonds. The summed E-state index contributed by atoms with van der Waals surface area (Å²) in [5, 5.41) is 1.52. The van der Waals surface area contributed by atoms with Crippen molar-refractivity contribution in [3.63, 3.8) is 0 Å². The Hall–Kier alpha value is -2.68. The number of pyridine rings is 2. The maximum absolute atomic E-state index is 7.58. The number of furan rings is 1. The van der Waals surface area contributed by atoms with Gasteiger partial charge >= 0.3 is 0 Å². The summed E-state index contributed by atoms with van der Waals surface area (Å²) in [7, 11) is 1.80. The van der Waals surface area contributed by atoms with E-state index in [1.54, 1.807) is 36.0 Å². The van der Waals surface area contributed by atoms with Crippen LogP contribution in [-0.4, -0.2) is 4.98 Å². The Morgan fingerprint density at radius 1 is 1.09 bits per heavy atom. The second kappa shape index (κ2) is 4.92. The van der Waals surface area contributed by atoms with Crippen molar-refractivity contribution in [2.45, 2.75) is 20.6 Å². The fraction of sp³-hybridized carbons (Fsp3) is 0.200. The van der Waals surface area contributed by atoms with Crippen LogP contribution in [0.1, 0.15) is 25.0 Å². The van der Waals surface area contributed by atoms with E-state index in [-0.39, 0.29) is 11.3 Å². The molecular formula is C20H19N2O+. The van der Waals surface area contributed by atoms with Crippen molar-refractivity contribution in [1.29, 1.82) is 0 Å². The van der Waals surface area contributed by atoms with E-state index in [2.05, 4.69) is 4.98 Å². The van der Waals surface area contributed by atoms with Crippen LogP contribution < -0.4 is 4.57 Å². The lowest BCUT2D eigenvalue weighted by Gasteiger charge is -2.05. The smallest absolute Gasteiger partial charge is 0.212 e. The molecule has 0 saturated carbocycles. The van der Waals surface area contributed by atoms with Gasteiger partial charge in [0, 0.05) is 36.3 Å². The van der Waals surface area contributed by atoms with Crippen LogP contribution in [0.5, 0.6) is 0 Å². The van der Waals surface area contributed by atoms with Crippen molar-refractivity contribution >= 4 is 21.9 Å². The molecule has 0 radical (unpaired) electrons. The first-order valence-electron chi connectivity index (χ1n) is 10.3. The van der Waals surface area contributed by atoms with E-state index in [9.17, 15) is 0 Å². The van der Waals surface area contributed by atoms with E-state index in [0.717, 1.165) is 22.2 Å². The van der Waals surface area contributed by atoms with E-state index in [0.29, 0.717) is 16.6 Å². The summed E-state index contributed by atoms with van der Waals surface area (Å²) in [6.07, 6.45) is 3.05. The summed E-state index contributed by atoms with van der Waals surface area (Å²) < 4.78 is 53.2. The zero-order valence-electron chi connectivity index (χ0n) is 18.8. The summed E-state index contributed by atoms with van der Waals surface area (Å²) in [4.78, 5) is 4.01. The summed E-state index contributed by atoms with van der Waals surface area (Å²) in [5.74, 6) is 0. The van der Waals surface area contributed by atoms with Crippen molar-refractivity contribution in [3.8, 4) is 11.3 Å². The summed E-state index contributed by atoms with van der Waals surface area (Å²) in [5.41, 5.74) is 4.15. The highest BCUT2D eigenvalue weighted by molar-refractivity contribution is 6.06. The van der Waals surface area contributed by atoms with E-state index >= 15 is 0 Å². The molecule has 0 spiro atoms. The SMILES string of the molecule is [2H]C([2H])([2H])c1ccc(-c2cc3oc4cnc(C([2H])([2H])[2H])cc4c3cc2C)[n+](C)c1. The first kappa shape index (κ1) is 8.82. The molecule has 3 heteroatoms. The molecular weight excluding hydrogens is 284 g/mol. The molecule has 114 valence electrons. The molecule has 0 bridgehead atoms. The van der Waals surface area contributed by atoms with Crippen molar-refractivity contribution in [2.24, 2.45) is 7.05 Å².